The number of hydrogen-bond acceptors (Lipinski definition) is 4. The van der Waals surface area contributed by atoms with Crippen LogP contribution in [0.4, 0.5) is 0 Å². The summed E-state index contributed by atoms with van der Waals surface area (Å²) in [7, 11) is 0. The van der Waals surface area contributed by atoms with Gasteiger partial charge in [0.25, 0.3) is 11.8 Å². The molecule has 0 unspecified atom stereocenters. The zero-order chi connectivity index (χ0) is 19.6. The van der Waals surface area contributed by atoms with E-state index in [0.29, 0.717) is 18.1 Å². The van der Waals surface area contributed by atoms with Crippen molar-refractivity contribution in [3.05, 3.63) is 64.1 Å². The van der Waals surface area contributed by atoms with Gasteiger partial charge in [-0.2, -0.15) is 0 Å². The van der Waals surface area contributed by atoms with Gasteiger partial charge in [0.1, 0.15) is 0 Å². The smallest absolute Gasteiger partial charge is 0.276 e. The molecule has 0 fully saturated rings. The molecule has 0 atom stereocenters. The molecule has 2 N–H and O–H groups in total. The molecule has 2 aromatic rings. The number of nitrogens with one attached hydrogen (secondary N) is 2. The molecule has 7 heteroatoms. The number of hydrogen-bond donors (Lipinski definition) is 2. The fraction of sp³-hybridized carbons (Fsp3) is 0.200. The van der Waals surface area contributed by atoms with Crippen LogP contribution in [0.15, 0.2) is 53.0 Å². The number of rotatable bonds is 7. The van der Waals surface area contributed by atoms with Crippen LogP contribution in [0.5, 0.6) is 11.5 Å². The molecule has 0 saturated carbocycles. The van der Waals surface area contributed by atoms with Gasteiger partial charge in [0.2, 0.25) is 0 Å². The van der Waals surface area contributed by atoms with E-state index in [9.17, 15) is 9.59 Å². The quantitative estimate of drug-likeness (QED) is 0.519. The summed E-state index contributed by atoms with van der Waals surface area (Å²) in [6, 6.07) is 12.9. The van der Waals surface area contributed by atoms with E-state index < -0.39 is 11.8 Å². The van der Waals surface area contributed by atoms with Crippen LogP contribution in [0.25, 0.3) is 6.08 Å². The van der Waals surface area contributed by atoms with Gasteiger partial charge in [-0.15, -0.1) is 0 Å². The lowest BCUT2D eigenvalue weighted by molar-refractivity contribution is -0.128. The average Bonchev–Trinajstić information content (AvgIpc) is 2.65. The molecule has 2 rings (SSSR count). The first-order valence-electron chi connectivity index (χ1n) is 8.37. The van der Waals surface area contributed by atoms with Gasteiger partial charge in [-0.3, -0.25) is 20.4 Å². The second-order valence-corrected chi connectivity index (χ2v) is 6.42. The van der Waals surface area contributed by atoms with Crippen LogP contribution in [0, 0.1) is 6.92 Å². The van der Waals surface area contributed by atoms with Crippen LogP contribution in [0.3, 0.4) is 0 Å². The number of aryl methyl sites for hydroxylation is 1. The molecule has 0 aliphatic carbocycles. The summed E-state index contributed by atoms with van der Waals surface area (Å²) in [4.78, 5) is 23.7. The van der Waals surface area contributed by atoms with Gasteiger partial charge in [-0.25, -0.2) is 0 Å². The number of benzene rings is 2. The minimum atomic E-state index is -0.487. The van der Waals surface area contributed by atoms with Gasteiger partial charge in [0.15, 0.2) is 18.1 Å². The van der Waals surface area contributed by atoms with Crippen molar-refractivity contribution < 1.29 is 19.1 Å². The monoisotopic (exact) mass is 432 g/mol. The van der Waals surface area contributed by atoms with E-state index in [-0.39, 0.29) is 6.61 Å². The first-order valence-corrected chi connectivity index (χ1v) is 9.16. The highest BCUT2D eigenvalue weighted by molar-refractivity contribution is 9.10. The van der Waals surface area contributed by atoms with Crippen molar-refractivity contribution in [3.8, 4) is 11.5 Å². The van der Waals surface area contributed by atoms with E-state index in [2.05, 4.69) is 26.8 Å². The summed E-state index contributed by atoms with van der Waals surface area (Å²) in [6.07, 6.45) is 2.99. The molecule has 0 heterocycles. The van der Waals surface area contributed by atoms with Gasteiger partial charge in [-0.1, -0.05) is 40.2 Å². The molecule has 2 amide bonds. The average molecular weight is 433 g/mol. The van der Waals surface area contributed by atoms with E-state index in [1.807, 2.05) is 38.1 Å². The Morgan fingerprint density at radius 1 is 1.07 bits per heavy atom. The van der Waals surface area contributed by atoms with Crippen LogP contribution in [0.1, 0.15) is 18.1 Å². The van der Waals surface area contributed by atoms with Gasteiger partial charge >= 0.3 is 0 Å². The minimum absolute atomic E-state index is 0.252. The maximum absolute atomic E-state index is 11.8. The molecule has 0 bridgehead atoms. The molecule has 0 saturated heterocycles. The SMILES string of the molecule is CCOc1ccccc1OCC(=O)NNC(=O)/C=C/c1ccc(C)cc1Br. The number of halogens is 1. The fourth-order valence-corrected chi connectivity index (χ4v) is 2.75. The second-order valence-electron chi connectivity index (χ2n) is 5.56. The van der Waals surface area contributed by atoms with Crippen molar-refractivity contribution in [2.45, 2.75) is 13.8 Å². The maximum Gasteiger partial charge on any atom is 0.276 e. The summed E-state index contributed by atoms with van der Waals surface area (Å²) in [5.41, 5.74) is 6.58. The lowest BCUT2D eigenvalue weighted by atomic mass is 10.1. The summed E-state index contributed by atoms with van der Waals surface area (Å²) in [5, 5.41) is 0. The Balaban J connectivity index is 1.80. The Morgan fingerprint density at radius 3 is 2.44 bits per heavy atom. The van der Waals surface area contributed by atoms with Crippen LogP contribution in [-0.2, 0) is 9.59 Å². The van der Waals surface area contributed by atoms with Crippen molar-refractivity contribution in [2.75, 3.05) is 13.2 Å². The molecule has 0 aliphatic rings. The van der Waals surface area contributed by atoms with E-state index in [1.165, 1.54) is 6.08 Å². The highest BCUT2D eigenvalue weighted by atomic mass is 79.9. The summed E-state index contributed by atoms with van der Waals surface area (Å²) >= 11 is 3.44. The second kappa shape index (κ2) is 10.4. The van der Waals surface area contributed by atoms with Gasteiger partial charge < -0.3 is 9.47 Å². The van der Waals surface area contributed by atoms with Crippen LogP contribution in [0.2, 0.25) is 0 Å². The lowest BCUT2D eigenvalue weighted by Crippen LogP contribution is -2.43. The zero-order valence-corrected chi connectivity index (χ0v) is 16.7. The third-order valence-electron chi connectivity index (χ3n) is 3.40. The predicted molar refractivity (Wildman–Crippen MR) is 107 cm³/mol. The maximum atomic E-state index is 11.8. The normalized spacial score (nSPS) is 10.5. The lowest BCUT2D eigenvalue weighted by Gasteiger charge is -2.11. The van der Waals surface area contributed by atoms with Crippen molar-refractivity contribution in [3.63, 3.8) is 0 Å². The van der Waals surface area contributed by atoms with Crippen LogP contribution >= 0.6 is 15.9 Å². The first-order chi connectivity index (χ1) is 13.0. The number of carbonyl (C=O) groups is 2. The summed E-state index contributed by atoms with van der Waals surface area (Å²) in [6.45, 7) is 4.08. The van der Waals surface area contributed by atoms with Crippen molar-refractivity contribution >= 4 is 33.8 Å². The molecule has 0 aliphatic heterocycles. The molecular weight excluding hydrogens is 412 g/mol. The van der Waals surface area contributed by atoms with Crippen LogP contribution < -0.4 is 20.3 Å². The summed E-state index contributed by atoms with van der Waals surface area (Å²) in [5.74, 6) is 0.0819. The number of hydrazine groups is 1. The molecule has 6 nitrogen and oxygen atoms in total. The number of ether oxygens (including phenoxy) is 2. The Bertz CT molecular complexity index is 836. The topological polar surface area (TPSA) is 76.7 Å². The Kier molecular flexibility index (Phi) is 7.88. The summed E-state index contributed by atoms with van der Waals surface area (Å²) < 4.78 is 11.7. The van der Waals surface area contributed by atoms with Gasteiger partial charge in [-0.05, 0) is 49.2 Å². The number of para-hydroxylation sites is 2. The Morgan fingerprint density at radius 2 is 1.78 bits per heavy atom. The van der Waals surface area contributed by atoms with Crippen molar-refractivity contribution in [1.82, 2.24) is 10.9 Å². The third kappa shape index (κ3) is 6.79. The van der Waals surface area contributed by atoms with Gasteiger partial charge in [0.05, 0.1) is 6.61 Å². The zero-order valence-electron chi connectivity index (χ0n) is 15.1. The highest BCUT2D eigenvalue weighted by Crippen LogP contribution is 2.26. The van der Waals surface area contributed by atoms with Crippen molar-refractivity contribution in [2.24, 2.45) is 0 Å². The molecule has 27 heavy (non-hydrogen) atoms. The molecule has 0 aromatic heterocycles. The van der Waals surface area contributed by atoms with E-state index in [0.717, 1.165) is 15.6 Å². The predicted octanol–water partition coefficient (Wildman–Crippen LogP) is 3.40. The van der Waals surface area contributed by atoms with Gasteiger partial charge in [0, 0.05) is 10.5 Å². The number of amides is 2. The van der Waals surface area contributed by atoms with E-state index in [4.69, 9.17) is 9.47 Å². The van der Waals surface area contributed by atoms with E-state index >= 15 is 0 Å². The standard InChI is InChI=1S/C20H21BrN2O4/c1-3-26-17-6-4-5-7-18(17)27-13-20(25)23-22-19(24)11-10-15-9-8-14(2)12-16(15)21/h4-12H,3,13H2,1-2H3,(H,22,24)(H,23,25)/b11-10+. The molecule has 0 spiro atoms. The largest absolute Gasteiger partial charge is 0.490 e. The fourth-order valence-electron chi connectivity index (χ4n) is 2.13. The molecule has 142 valence electrons. The highest BCUT2D eigenvalue weighted by Gasteiger charge is 2.08. The Labute approximate surface area is 166 Å². The molecule has 2 aromatic carbocycles. The molecular formula is C20H21BrN2O4. The van der Waals surface area contributed by atoms with Crippen LogP contribution in [-0.4, -0.2) is 25.0 Å². The van der Waals surface area contributed by atoms with Crippen molar-refractivity contribution in [1.29, 1.82) is 0 Å². The van der Waals surface area contributed by atoms with E-state index in [1.54, 1.807) is 24.3 Å². The minimum Gasteiger partial charge on any atom is -0.490 e. The number of carbonyl (C=O) groups excluding carboxylic acids is 2. The third-order valence-corrected chi connectivity index (χ3v) is 4.09. The molecule has 0 radical (unpaired) electrons. The Hall–Kier alpha value is -2.80. The first kappa shape index (κ1) is 20.5.